The third kappa shape index (κ3) is 2.57. The lowest BCUT2D eigenvalue weighted by molar-refractivity contribution is -0.128. The molecule has 0 spiro atoms. The molecule has 0 bridgehead atoms. The molecule has 0 N–H and O–H groups in total. The van der Waals surface area contributed by atoms with E-state index in [2.05, 4.69) is 18.4 Å². The van der Waals surface area contributed by atoms with Gasteiger partial charge in [0.05, 0.1) is 5.70 Å². The van der Waals surface area contributed by atoms with Gasteiger partial charge in [0.2, 0.25) is 0 Å². The lowest BCUT2D eigenvalue weighted by atomic mass is 10.3. The van der Waals surface area contributed by atoms with Crippen molar-refractivity contribution in [2.24, 2.45) is 5.92 Å². The molecule has 90 valence electrons. The third-order valence-electron chi connectivity index (χ3n) is 3.44. The van der Waals surface area contributed by atoms with Gasteiger partial charge in [0.15, 0.2) is 0 Å². The molecule has 3 nitrogen and oxygen atoms in total. The van der Waals surface area contributed by atoms with Crippen molar-refractivity contribution in [3.05, 3.63) is 12.3 Å². The fourth-order valence-electron chi connectivity index (χ4n) is 2.31. The van der Waals surface area contributed by atoms with Crippen molar-refractivity contribution in [2.75, 3.05) is 26.2 Å². The van der Waals surface area contributed by atoms with Gasteiger partial charge in [-0.3, -0.25) is 4.79 Å². The predicted octanol–water partition coefficient (Wildman–Crippen LogP) is 1.85. The fraction of sp³-hybridized carbons (Fsp3) is 0.769. The van der Waals surface area contributed by atoms with E-state index in [1.54, 1.807) is 0 Å². The summed E-state index contributed by atoms with van der Waals surface area (Å²) in [4.78, 5) is 16.3. The van der Waals surface area contributed by atoms with E-state index >= 15 is 0 Å². The lowest BCUT2D eigenvalue weighted by Crippen LogP contribution is -2.35. The normalized spacial score (nSPS) is 22.6. The van der Waals surface area contributed by atoms with E-state index in [9.17, 15) is 4.79 Å². The van der Waals surface area contributed by atoms with Gasteiger partial charge >= 0.3 is 0 Å². The van der Waals surface area contributed by atoms with Crippen molar-refractivity contribution < 1.29 is 4.79 Å². The summed E-state index contributed by atoms with van der Waals surface area (Å²) in [7, 11) is 0. The Bertz CT molecular complexity index is 284. The van der Waals surface area contributed by atoms with Gasteiger partial charge in [-0.05, 0) is 31.6 Å². The highest BCUT2D eigenvalue weighted by Crippen LogP contribution is 2.30. The molecular formula is C13H22N2O. The van der Waals surface area contributed by atoms with Crippen LogP contribution in [0.5, 0.6) is 0 Å². The van der Waals surface area contributed by atoms with Crippen molar-refractivity contribution in [1.82, 2.24) is 9.80 Å². The molecule has 2 fully saturated rings. The molecule has 2 aliphatic rings. The summed E-state index contributed by atoms with van der Waals surface area (Å²) < 4.78 is 0. The molecule has 2 rings (SSSR count). The Labute approximate surface area is 98.1 Å². The number of carbonyl (C=O) groups is 1. The molecule has 3 heteroatoms. The van der Waals surface area contributed by atoms with Gasteiger partial charge in [0, 0.05) is 26.2 Å². The minimum absolute atomic E-state index is 0.165. The van der Waals surface area contributed by atoms with Crippen LogP contribution in [0.15, 0.2) is 12.3 Å². The number of hydrogen-bond donors (Lipinski definition) is 0. The molecular weight excluding hydrogens is 200 g/mol. The molecule has 0 aromatic carbocycles. The average molecular weight is 222 g/mol. The van der Waals surface area contributed by atoms with Crippen molar-refractivity contribution in [3.8, 4) is 0 Å². The quantitative estimate of drug-likeness (QED) is 0.678. The second kappa shape index (κ2) is 4.89. The Morgan fingerprint density at radius 2 is 2.00 bits per heavy atom. The summed E-state index contributed by atoms with van der Waals surface area (Å²) in [5, 5.41) is 0. The molecule has 1 aliphatic carbocycles. The van der Waals surface area contributed by atoms with E-state index < -0.39 is 0 Å². The second-order valence-corrected chi connectivity index (χ2v) is 4.98. The molecule has 0 radical (unpaired) electrons. The largest absolute Gasteiger partial charge is 0.368 e. The first-order valence-electron chi connectivity index (χ1n) is 6.45. The smallest absolute Gasteiger partial charge is 0.269 e. The number of rotatable bonds is 4. The van der Waals surface area contributed by atoms with Crippen LogP contribution >= 0.6 is 0 Å². The molecule has 1 amide bonds. The summed E-state index contributed by atoms with van der Waals surface area (Å²) in [6, 6.07) is 0. The third-order valence-corrected chi connectivity index (χ3v) is 3.44. The van der Waals surface area contributed by atoms with E-state index in [1.807, 2.05) is 4.90 Å². The first-order valence-corrected chi connectivity index (χ1v) is 6.45. The zero-order valence-corrected chi connectivity index (χ0v) is 10.2. The molecule has 1 saturated heterocycles. The van der Waals surface area contributed by atoms with Gasteiger partial charge in [-0.15, -0.1) is 0 Å². The Morgan fingerprint density at radius 1 is 1.31 bits per heavy atom. The maximum absolute atomic E-state index is 12.2. The summed E-state index contributed by atoms with van der Waals surface area (Å²) in [6.45, 7) is 9.92. The first-order chi connectivity index (χ1) is 7.72. The molecule has 0 aromatic rings. The maximum Gasteiger partial charge on any atom is 0.269 e. The molecule has 16 heavy (non-hydrogen) atoms. The average Bonchev–Trinajstić information content (AvgIpc) is 3.08. The van der Waals surface area contributed by atoms with Gasteiger partial charge in [0.25, 0.3) is 5.91 Å². The summed E-state index contributed by atoms with van der Waals surface area (Å²) in [5.74, 6) is 0.937. The minimum Gasteiger partial charge on any atom is -0.368 e. The molecule has 0 aromatic heterocycles. The Morgan fingerprint density at radius 3 is 2.62 bits per heavy atom. The number of hydrogen-bond acceptors (Lipinski definition) is 2. The predicted molar refractivity (Wildman–Crippen MR) is 64.9 cm³/mol. The fourth-order valence-corrected chi connectivity index (χ4v) is 2.31. The zero-order valence-electron chi connectivity index (χ0n) is 10.2. The van der Waals surface area contributed by atoms with Crippen LogP contribution in [0.2, 0.25) is 0 Å². The van der Waals surface area contributed by atoms with Gasteiger partial charge < -0.3 is 9.80 Å². The van der Waals surface area contributed by atoms with E-state index in [0.717, 1.165) is 44.9 Å². The highest BCUT2D eigenvalue weighted by atomic mass is 16.2. The van der Waals surface area contributed by atoms with Crippen molar-refractivity contribution in [2.45, 2.75) is 32.6 Å². The first kappa shape index (κ1) is 11.5. The lowest BCUT2D eigenvalue weighted by Gasteiger charge is -2.24. The molecule has 1 saturated carbocycles. The van der Waals surface area contributed by atoms with Crippen molar-refractivity contribution in [1.29, 1.82) is 0 Å². The van der Waals surface area contributed by atoms with Crippen LogP contribution in [-0.4, -0.2) is 41.9 Å². The molecule has 0 atom stereocenters. The SMILES string of the molecule is C=C1C(=O)N(CC2CC2)CCCN1CCC. The van der Waals surface area contributed by atoms with Crippen LogP contribution in [0.25, 0.3) is 0 Å². The maximum atomic E-state index is 12.2. The van der Waals surface area contributed by atoms with Gasteiger partial charge in [0.1, 0.15) is 0 Å². The monoisotopic (exact) mass is 222 g/mol. The van der Waals surface area contributed by atoms with Gasteiger partial charge in [-0.1, -0.05) is 13.5 Å². The van der Waals surface area contributed by atoms with E-state index in [-0.39, 0.29) is 5.91 Å². The molecule has 0 unspecified atom stereocenters. The van der Waals surface area contributed by atoms with Crippen LogP contribution in [0.3, 0.4) is 0 Å². The number of carbonyl (C=O) groups excluding carboxylic acids is 1. The van der Waals surface area contributed by atoms with E-state index in [0.29, 0.717) is 5.70 Å². The van der Waals surface area contributed by atoms with Gasteiger partial charge in [-0.2, -0.15) is 0 Å². The van der Waals surface area contributed by atoms with E-state index in [1.165, 1.54) is 12.8 Å². The van der Waals surface area contributed by atoms with Crippen LogP contribution in [0.1, 0.15) is 32.6 Å². The standard InChI is InChI=1S/C13H22N2O/c1-3-7-14-8-4-9-15(10-12-5-6-12)13(16)11(14)2/h12H,2-10H2,1H3. The number of amides is 1. The van der Waals surface area contributed by atoms with E-state index in [4.69, 9.17) is 0 Å². The zero-order chi connectivity index (χ0) is 11.5. The molecule has 1 heterocycles. The van der Waals surface area contributed by atoms with Crippen LogP contribution in [0.4, 0.5) is 0 Å². The Balaban J connectivity index is 1.97. The highest BCUT2D eigenvalue weighted by Gasteiger charge is 2.30. The molecule has 1 aliphatic heterocycles. The Kier molecular flexibility index (Phi) is 3.52. The number of nitrogens with zero attached hydrogens (tertiary/aromatic N) is 2. The second-order valence-electron chi connectivity index (χ2n) is 4.98. The summed E-state index contributed by atoms with van der Waals surface area (Å²) >= 11 is 0. The topological polar surface area (TPSA) is 23.6 Å². The summed E-state index contributed by atoms with van der Waals surface area (Å²) in [5.41, 5.74) is 0.708. The minimum atomic E-state index is 0.165. The highest BCUT2D eigenvalue weighted by molar-refractivity contribution is 5.92. The van der Waals surface area contributed by atoms with Crippen LogP contribution < -0.4 is 0 Å². The van der Waals surface area contributed by atoms with Gasteiger partial charge in [-0.25, -0.2) is 0 Å². The Hall–Kier alpha value is -0.990. The van der Waals surface area contributed by atoms with Crippen LogP contribution in [0, 0.1) is 5.92 Å². The summed E-state index contributed by atoms with van der Waals surface area (Å²) in [6.07, 6.45) is 4.76. The van der Waals surface area contributed by atoms with Crippen LogP contribution in [-0.2, 0) is 4.79 Å². The van der Waals surface area contributed by atoms with Crippen molar-refractivity contribution >= 4 is 5.91 Å². The van der Waals surface area contributed by atoms with Crippen molar-refractivity contribution in [3.63, 3.8) is 0 Å².